The molecule has 29 heavy (non-hydrogen) atoms. The maximum Gasteiger partial charge on any atom is 0.277 e. The summed E-state index contributed by atoms with van der Waals surface area (Å²) in [5.74, 6) is 1.28. The molecule has 0 aliphatic carbocycles. The first kappa shape index (κ1) is 20.5. The Morgan fingerprint density at radius 2 is 1.76 bits per heavy atom. The van der Waals surface area contributed by atoms with E-state index in [1.807, 2.05) is 24.3 Å². The SMILES string of the molecule is Cc1cc(C(C)(C)C)cc(C)c1CSc1nnc(-c2sc3ccccc3c2Cl)o1. The summed E-state index contributed by atoms with van der Waals surface area (Å²) >= 11 is 9.68. The molecule has 0 aliphatic rings. The second-order valence-electron chi connectivity index (χ2n) is 8.24. The molecule has 4 rings (SSSR count). The zero-order valence-electron chi connectivity index (χ0n) is 17.2. The molecule has 6 heteroatoms. The zero-order chi connectivity index (χ0) is 20.8. The minimum atomic E-state index is 0.145. The van der Waals surface area contributed by atoms with Crippen molar-refractivity contribution in [1.29, 1.82) is 0 Å². The zero-order valence-corrected chi connectivity index (χ0v) is 19.6. The van der Waals surface area contributed by atoms with Gasteiger partial charge in [-0.25, -0.2) is 0 Å². The molecular formula is C23H23ClN2OS2. The Labute approximate surface area is 184 Å². The molecular weight excluding hydrogens is 420 g/mol. The van der Waals surface area contributed by atoms with E-state index in [9.17, 15) is 0 Å². The number of aryl methyl sites for hydroxylation is 2. The third-order valence-corrected chi connectivity index (χ3v) is 7.55. The highest BCUT2D eigenvalue weighted by Gasteiger charge is 2.19. The molecule has 4 aromatic rings. The lowest BCUT2D eigenvalue weighted by molar-refractivity contribution is 0.467. The van der Waals surface area contributed by atoms with E-state index in [2.05, 4.69) is 56.9 Å². The fraction of sp³-hybridized carbons (Fsp3) is 0.304. The van der Waals surface area contributed by atoms with Gasteiger partial charge in [0.15, 0.2) is 0 Å². The van der Waals surface area contributed by atoms with Crippen molar-refractivity contribution < 1.29 is 4.42 Å². The Bertz CT molecular complexity index is 1160. The number of thioether (sulfide) groups is 1. The average molecular weight is 443 g/mol. The summed E-state index contributed by atoms with van der Waals surface area (Å²) in [6.07, 6.45) is 0. The molecule has 2 aromatic carbocycles. The van der Waals surface area contributed by atoms with Gasteiger partial charge in [0.25, 0.3) is 11.1 Å². The van der Waals surface area contributed by atoms with Crippen molar-refractivity contribution in [2.45, 2.75) is 51.0 Å². The lowest BCUT2D eigenvalue weighted by atomic mass is 9.84. The molecule has 0 saturated heterocycles. The molecule has 2 heterocycles. The number of thiophene rings is 1. The van der Waals surface area contributed by atoms with Crippen molar-refractivity contribution in [2.75, 3.05) is 0 Å². The molecule has 0 saturated carbocycles. The van der Waals surface area contributed by atoms with Crippen LogP contribution in [0.15, 0.2) is 46.0 Å². The summed E-state index contributed by atoms with van der Waals surface area (Å²) < 4.78 is 7.04. The van der Waals surface area contributed by atoms with Crippen molar-refractivity contribution in [3.8, 4) is 10.8 Å². The first-order chi connectivity index (χ1) is 13.7. The van der Waals surface area contributed by atoms with Crippen molar-refractivity contribution in [3.05, 3.63) is 63.7 Å². The van der Waals surface area contributed by atoms with E-state index in [1.165, 1.54) is 22.3 Å². The molecule has 150 valence electrons. The largest absolute Gasteiger partial charge is 0.410 e. The highest BCUT2D eigenvalue weighted by molar-refractivity contribution is 7.98. The second kappa shape index (κ2) is 7.78. The van der Waals surface area contributed by atoms with Crippen LogP contribution in [0.1, 0.15) is 43.0 Å². The van der Waals surface area contributed by atoms with Crippen LogP contribution >= 0.6 is 34.7 Å². The number of nitrogens with zero attached hydrogens (tertiary/aromatic N) is 2. The van der Waals surface area contributed by atoms with E-state index in [-0.39, 0.29) is 5.41 Å². The van der Waals surface area contributed by atoms with Crippen LogP contribution in [0.25, 0.3) is 20.9 Å². The topological polar surface area (TPSA) is 38.9 Å². The predicted molar refractivity (Wildman–Crippen MR) is 124 cm³/mol. The van der Waals surface area contributed by atoms with Crippen LogP contribution in [-0.4, -0.2) is 10.2 Å². The number of hydrogen-bond acceptors (Lipinski definition) is 5. The summed E-state index contributed by atoms with van der Waals surface area (Å²) in [5.41, 5.74) is 5.43. The van der Waals surface area contributed by atoms with Crippen LogP contribution < -0.4 is 0 Å². The second-order valence-corrected chi connectivity index (χ2v) is 10.6. The maximum absolute atomic E-state index is 6.54. The summed E-state index contributed by atoms with van der Waals surface area (Å²) in [6, 6.07) is 12.6. The van der Waals surface area contributed by atoms with Gasteiger partial charge in [0.05, 0.1) is 5.02 Å². The Morgan fingerprint density at radius 3 is 2.41 bits per heavy atom. The van der Waals surface area contributed by atoms with Crippen molar-refractivity contribution in [2.24, 2.45) is 0 Å². The van der Waals surface area contributed by atoms with E-state index in [0.717, 1.165) is 20.7 Å². The van der Waals surface area contributed by atoms with Gasteiger partial charge in [-0.15, -0.1) is 21.5 Å². The van der Waals surface area contributed by atoms with Crippen LogP contribution in [0.3, 0.4) is 0 Å². The average Bonchev–Trinajstić information content (AvgIpc) is 3.25. The number of hydrogen-bond donors (Lipinski definition) is 0. The molecule has 2 aromatic heterocycles. The monoisotopic (exact) mass is 442 g/mol. The molecule has 0 fully saturated rings. The highest BCUT2D eigenvalue weighted by Crippen LogP contribution is 2.42. The van der Waals surface area contributed by atoms with E-state index >= 15 is 0 Å². The molecule has 0 atom stereocenters. The van der Waals surface area contributed by atoms with Gasteiger partial charge in [0.2, 0.25) is 0 Å². The molecule has 0 amide bonds. The van der Waals surface area contributed by atoms with Gasteiger partial charge in [-0.1, -0.05) is 74.5 Å². The number of aromatic nitrogens is 2. The number of fused-ring (bicyclic) bond motifs is 1. The highest BCUT2D eigenvalue weighted by atomic mass is 35.5. The fourth-order valence-electron chi connectivity index (χ4n) is 3.30. The third kappa shape index (κ3) is 4.09. The van der Waals surface area contributed by atoms with Gasteiger partial charge in [-0.2, -0.15) is 0 Å². The van der Waals surface area contributed by atoms with Gasteiger partial charge in [-0.3, -0.25) is 0 Å². The van der Waals surface area contributed by atoms with Crippen LogP contribution in [0.2, 0.25) is 5.02 Å². The first-order valence-corrected chi connectivity index (χ1v) is 11.7. The smallest absolute Gasteiger partial charge is 0.277 e. The Morgan fingerprint density at radius 1 is 1.07 bits per heavy atom. The normalized spacial score (nSPS) is 12.1. The third-order valence-electron chi connectivity index (χ3n) is 5.04. The number of rotatable bonds is 4. The Kier molecular flexibility index (Phi) is 5.49. The summed E-state index contributed by atoms with van der Waals surface area (Å²) in [7, 11) is 0. The van der Waals surface area contributed by atoms with Crippen LogP contribution in [0.5, 0.6) is 0 Å². The van der Waals surface area contributed by atoms with Crippen LogP contribution in [0, 0.1) is 13.8 Å². The van der Waals surface area contributed by atoms with E-state index in [0.29, 0.717) is 16.1 Å². The quantitative estimate of drug-likeness (QED) is 0.302. The van der Waals surface area contributed by atoms with Crippen LogP contribution in [-0.2, 0) is 11.2 Å². The van der Waals surface area contributed by atoms with Gasteiger partial charge in [0, 0.05) is 15.8 Å². The van der Waals surface area contributed by atoms with Crippen molar-refractivity contribution >= 4 is 44.8 Å². The fourth-order valence-corrected chi connectivity index (χ4v) is 5.69. The van der Waals surface area contributed by atoms with E-state index in [4.69, 9.17) is 16.0 Å². The first-order valence-electron chi connectivity index (χ1n) is 9.48. The lowest BCUT2D eigenvalue weighted by Gasteiger charge is -2.22. The maximum atomic E-state index is 6.54. The molecule has 0 N–H and O–H groups in total. The Hall–Kier alpha value is -1.82. The summed E-state index contributed by atoms with van der Waals surface area (Å²) in [4.78, 5) is 0.828. The van der Waals surface area contributed by atoms with Crippen molar-refractivity contribution in [1.82, 2.24) is 10.2 Å². The summed E-state index contributed by atoms with van der Waals surface area (Å²) in [6.45, 7) is 11.1. The van der Waals surface area contributed by atoms with Gasteiger partial charge in [0.1, 0.15) is 4.88 Å². The van der Waals surface area contributed by atoms with Crippen molar-refractivity contribution in [3.63, 3.8) is 0 Å². The molecule has 0 radical (unpaired) electrons. The predicted octanol–water partition coefficient (Wildman–Crippen LogP) is 7.81. The molecule has 0 unspecified atom stereocenters. The molecule has 0 bridgehead atoms. The standard InChI is InChI=1S/C23H23ClN2OS2/c1-13-10-15(23(3,4)5)11-14(2)17(13)12-28-22-26-25-21(27-22)20-19(24)16-8-6-7-9-18(16)29-20/h6-11H,12H2,1-5H3. The number of halogens is 1. The molecule has 0 spiro atoms. The molecule has 3 nitrogen and oxygen atoms in total. The van der Waals surface area contributed by atoms with Gasteiger partial charge < -0.3 is 4.42 Å². The lowest BCUT2D eigenvalue weighted by Crippen LogP contribution is -2.12. The van der Waals surface area contributed by atoms with E-state index < -0.39 is 0 Å². The summed E-state index contributed by atoms with van der Waals surface area (Å²) in [5, 5.41) is 10.7. The van der Waals surface area contributed by atoms with Gasteiger partial charge >= 0.3 is 0 Å². The Balaban J connectivity index is 1.55. The van der Waals surface area contributed by atoms with Gasteiger partial charge in [-0.05, 0) is 47.6 Å². The van der Waals surface area contributed by atoms with E-state index in [1.54, 1.807) is 23.1 Å². The minimum Gasteiger partial charge on any atom is -0.410 e. The minimum absolute atomic E-state index is 0.145. The van der Waals surface area contributed by atoms with Crippen LogP contribution in [0.4, 0.5) is 0 Å². The molecule has 0 aliphatic heterocycles. The number of benzene rings is 2.